The third kappa shape index (κ3) is 4.92. The van der Waals surface area contributed by atoms with Crippen molar-refractivity contribution in [3.8, 4) is 0 Å². The Hall–Kier alpha value is -2.27. The molecule has 138 valence electrons. The average Bonchev–Trinajstić information content (AvgIpc) is 2.63. The van der Waals surface area contributed by atoms with Gasteiger partial charge in [-0.25, -0.2) is 4.39 Å². The van der Waals surface area contributed by atoms with Crippen LogP contribution in [0.3, 0.4) is 0 Å². The fraction of sp³-hybridized carbons (Fsp3) is 0.0500. The van der Waals surface area contributed by atoms with Crippen molar-refractivity contribution in [3.63, 3.8) is 0 Å². The lowest BCUT2D eigenvalue weighted by atomic mass is 10.1. The maximum atomic E-state index is 13.2. The van der Waals surface area contributed by atoms with Crippen molar-refractivity contribution >= 4 is 57.8 Å². The highest BCUT2D eigenvalue weighted by molar-refractivity contribution is 6.39. The lowest BCUT2D eigenvalue weighted by Gasteiger charge is -2.14. The zero-order valence-electron chi connectivity index (χ0n) is 13.9. The molecule has 0 unspecified atom stereocenters. The topological polar surface area (TPSA) is 41.1 Å². The summed E-state index contributed by atoms with van der Waals surface area (Å²) in [5, 5.41) is 6.78. The number of carbonyl (C=O) groups excluding carboxylic acids is 1. The van der Waals surface area contributed by atoms with E-state index in [1.54, 1.807) is 18.2 Å². The fourth-order valence-corrected chi connectivity index (χ4v) is 3.17. The van der Waals surface area contributed by atoms with E-state index in [1.165, 1.54) is 18.2 Å². The van der Waals surface area contributed by atoms with Gasteiger partial charge in [0.1, 0.15) is 5.82 Å². The highest BCUT2D eigenvalue weighted by atomic mass is 35.5. The third-order valence-electron chi connectivity index (χ3n) is 3.79. The number of hydrogen-bond acceptors (Lipinski definition) is 2. The van der Waals surface area contributed by atoms with Crippen LogP contribution >= 0.6 is 34.8 Å². The molecule has 0 saturated heterocycles. The summed E-state index contributed by atoms with van der Waals surface area (Å²) in [6.45, 7) is 0. The summed E-state index contributed by atoms with van der Waals surface area (Å²) >= 11 is 18.1. The Kier molecular flexibility index (Phi) is 6.22. The van der Waals surface area contributed by atoms with Crippen molar-refractivity contribution in [1.29, 1.82) is 0 Å². The third-order valence-corrected chi connectivity index (χ3v) is 4.71. The van der Waals surface area contributed by atoms with E-state index in [-0.39, 0.29) is 17.4 Å². The Morgan fingerprint density at radius 3 is 2.30 bits per heavy atom. The molecule has 3 aromatic rings. The van der Waals surface area contributed by atoms with Crippen molar-refractivity contribution in [2.45, 2.75) is 6.42 Å². The number of anilines is 3. The van der Waals surface area contributed by atoms with Crippen molar-refractivity contribution in [2.24, 2.45) is 0 Å². The molecule has 0 aromatic heterocycles. The molecule has 27 heavy (non-hydrogen) atoms. The summed E-state index contributed by atoms with van der Waals surface area (Å²) in [5.41, 5.74) is 2.45. The maximum Gasteiger partial charge on any atom is 0.228 e. The van der Waals surface area contributed by atoms with Gasteiger partial charge in [0, 0.05) is 11.4 Å². The van der Waals surface area contributed by atoms with E-state index in [4.69, 9.17) is 34.8 Å². The molecule has 3 aromatic carbocycles. The fourth-order valence-electron chi connectivity index (χ4n) is 2.50. The second-order valence-electron chi connectivity index (χ2n) is 5.73. The lowest BCUT2D eigenvalue weighted by molar-refractivity contribution is -0.115. The van der Waals surface area contributed by atoms with Gasteiger partial charge in [-0.2, -0.15) is 0 Å². The minimum Gasteiger partial charge on any atom is -0.353 e. The zero-order valence-corrected chi connectivity index (χ0v) is 16.2. The molecular weight excluding hydrogens is 410 g/mol. The van der Waals surface area contributed by atoms with Crippen molar-refractivity contribution < 1.29 is 9.18 Å². The number of carbonyl (C=O) groups is 1. The highest BCUT2D eigenvalue weighted by Gasteiger charge is 2.12. The van der Waals surface area contributed by atoms with Crippen molar-refractivity contribution in [2.75, 3.05) is 10.6 Å². The van der Waals surface area contributed by atoms with Crippen LogP contribution in [0.25, 0.3) is 0 Å². The predicted molar refractivity (Wildman–Crippen MR) is 110 cm³/mol. The number of para-hydroxylation sites is 2. The molecule has 0 heterocycles. The molecule has 0 saturated carbocycles. The summed E-state index contributed by atoms with van der Waals surface area (Å²) in [6, 6.07) is 16.5. The van der Waals surface area contributed by atoms with Crippen molar-refractivity contribution in [1.82, 2.24) is 0 Å². The number of nitrogens with one attached hydrogen (secondary N) is 2. The SMILES string of the molecule is O=C(Cc1ccccc1Nc1c(Cl)cccc1Cl)Nc1ccc(F)c(Cl)c1. The largest absolute Gasteiger partial charge is 0.353 e. The van der Waals surface area contributed by atoms with Crippen LogP contribution in [-0.2, 0) is 11.2 Å². The van der Waals surface area contributed by atoms with Crippen LogP contribution in [0, 0.1) is 5.82 Å². The highest BCUT2D eigenvalue weighted by Crippen LogP contribution is 2.33. The van der Waals surface area contributed by atoms with Gasteiger partial charge in [0.05, 0.1) is 27.2 Å². The summed E-state index contributed by atoms with van der Waals surface area (Å²) in [5.74, 6) is -0.807. The van der Waals surface area contributed by atoms with Crippen molar-refractivity contribution in [3.05, 3.63) is 87.1 Å². The lowest BCUT2D eigenvalue weighted by Crippen LogP contribution is -2.15. The van der Waals surface area contributed by atoms with E-state index < -0.39 is 5.82 Å². The van der Waals surface area contributed by atoms with Crippen LogP contribution in [0.4, 0.5) is 21.5 Å². The summed E-state index contributed by atoms with van der Waals surface area (Å²) in [4.78, 5) is 12.4. The molecule has 3 nitrogen and oxygen atoms in total. The molecule has 7 heteroatoms. The summed E-state index contributed by atoms with van der Waals surface area (Å²) in [6.07, 6.45) is 0.0975. The van der Waals surface area contributed by atoms with Gasteiger partial charge in [0.25, 0.3) is 0 Å². The molecule has 0 aliphatic heterocycles. The van der Waals surface area contributed by atoms with Gasteiger partial charge in [-0.1, -0.05) is 59.1 Å². The Bertz CT molecular complexity index is 974. The Labute approximate surface area is 171 Å². The van der Waals surface area contributed by atoms with Crippen LogP contribution in [0.2, 0.25) is 15.1 Å². The van der Waals surface area contributed by atoms with Gasteiger partial charge < -0.3 is 10.6 Å². The smallest absolute Gasteiger partial charge is 0.228 e. The van der Waals surface area contributed by atoms with Gasteiger partial charge in [-0.15, -0.1) is 0 Å². The zero-order chi connectivity index (χ0) is 19.4. The molecule has 0 radical (unpaired) electrons. The van der Waals surface area contributed by atoms with Crippen LogP contribution in [0.15, 0.2) is 60.7 Å². The molecule has 3 rings (SSSR count). The first-order chi connectivity index (χ1) is 12.9. The molecule has 0 aliphatic carbocycles. The Balaban J connectivity index is 1.77. The minimum atomic E-state index is -0.541. The molecule has 0 bridgehead atoms. The first-order valence-corrected chi connectivity index (χ1v) is 9.11. The van der Waals surface area contributed by atoms with Gasteiger partial charge >= 0.3 is 0 Å². The van der Waals surface area contributed by atoms with E-state index in [0.717, 1.165) is 5.56 Å². The van der Waals surface area contributed by atoms with Crippen LogP contribution in [0.1, 0.15) is 5.56 Å². The number of halogens is 4. The number of hydrogen-bond donors (Lipinski definition) is 2. The Morgan fingerprint density at radius 1 is 0.889 bits per heavy atom. The van der Waals surface area contributed by atoms with E-state index in [0.29, 0.717) is 27.1 Å². The second-order valence-corrected chi connectivity index (χ2v) is 6.95. The van der Waals surface area contributed by atoms with E-state index in [1.807, 2.05) is 24.3 Å². The monoisotopic (exact) mass is 422 g/mol. The number of amides is 1. The Morgan fingerprint density at radius 2 is 1.59 bits per heavy atom. The normalized spacial score (nSPS) is 10.5. The molecule has 2 N–H and O–H groups in total. The maximum absolute atomic E-state index is 13.2. The molecule has 0 aliphatic rings. The summed E-state index contributed by atoms with van der Waals surface area (Å²) in [7, 11) is 0. The molecule has 0 atom stereocenters. The molecule has 0 fully saturated rings. The first-order valence-electron chi connectivity index (χ1n) is 7.98. The number of benzene rings is 3. The minimum absolute atomic E-state index is 0.0526. The second kappa shape index (κ2) is 8.61. The van der Waals surface area contributed by atoms with E-state index in [9.17, 15) is 9.18 Å². The van der Waals surface area contributed by atoms with E-state index >= 15 is 0 Å². The summed E-state index contributed by atoms with van der Waals surface area (Å²) < 4.78 is 13.2. The van der Waals surface area contributed by atoms with E-state index in [2.05, 4.69) is 10.6 Å². The van der Waals surface area contributed by atoms with Crippen LogP contribution < -0.4 is 10.6 Å². The first kappa shape index (κ1) is 19.5. The molecule has 0 spiro atoms. The number of rotatable bonds is 5. The van der Waals surface area contributed by atoms with Gasteiger partial charge in [0.15, 0.2) is 0 Å². The molecular formula is C20H14Cl3FN2O. The predicted octanol–water partition coefficient (Wildman–Crippen LogP) is 6.71. The van der Waals surface area contributed by atoms with Crippen LogP contribution in [-0.4, -0.2) is 5.91 Å². The van der Waals surface area contributed by atoms with Gasteiger partial charge in [-0.3, -0.25) is 4.79 Å². The van der Waals surface area contributed by atoms with Crippen LogP contribution in [0.5, 0.6) is 0 Å². The molecule has 1 amide bonds. The van der Waals surface area contributed by atoms with Gasteiger partial charge in [-0.05, 0) is 42.0 Å². The van der Waals surface area contributed by atoms with Gasteiger partial charge in [0.2, 0.25) is 5.91 Å². The standard InChI is InChI=1S/C20H14Cl3FN2O/c21-14-5-3-6-15(22)20(14)26-18-7-2-1-4-12(18)10-19(27)25-13-8-9-17(24)16(23)11-13/h1-9,11,26H,10H2,(H,25,27). The quantitative estimate of drug-likeness (QED) is 0.479. The average molecular weight is 424 g/mol.